The lowest BCUT2D eigenvalue weighted by Crippen LogP contribution is -2.30. The van der Waals surface area contributed by atoms with E-state index in [0.29, 0.717) is 5.56 Å². The van der Waals surface area contributed by atoms with Crippen LogP contribution in [0.2, 0.25) is 0 Å². The summed E-state index contributed by atoms with van der Waals surface area (Å²) >= 11 is 0. The fourth-order valence-electron chi connectivity index (χ4n) is 2.00. The number of carbonyl (C=O) groups is 3. The van der Waals surface area contributed by atoms with Crippen molar-refractivity contribution < 1.29 is 23.9 Å². The lowest BCUT2D eigenvalue weighted by atomic mass is 10.00. The maximum absolute atomic E-state index is 11.9. The van der Waals surface area contributed by atoms with Gasteiger partial charge >= 0.3 is 5.97 Å². The molecule has 0 radical (unpaired) electrons. The first-order chi connectivity index (χ1) is 8.43. The molecule has 0 aromatic carbocycles. The van der Waals surface area contributed by atoms with Crippen molar-refractivity contribution in [1.82, 2.24) is 4.90 Å². The van der Waals surface area contributed by atoms with Crippen LogP contribution in [0.15, 0.2) is 16.7 Å². The maximum Gasteiger partial charge on any atom is 0.372 e. The van der Waals surface area contributed by atoms with Gasteiger partial charge in [0.1, 0.15) is 0 Å². The van der Waals surface area contributed by atoms with E-state index in [1.54, 1.807) is 13.8 Å². The summed E-state index contributed by atoms with van der Waals surface area (Å²) in [7, 11) is 0. The van der Waals surface area contributed by atoms with Gasteiger partial charge in [-0.1, -0.05) is 13.8 Å². The molecule has 2 unspecified atom stereocenters. The van der Waals surface area contributed by atoms with Crippen LogP contribution in [-0.2, 0) is 16.1 Å². The first-order valence-corrected chi connectivity index (χ1v) is 5.58. The second kappa shape index (κ2) is 4.29. The zero-order valence-electron chi connectivity index (χ0n) is 10.0. The number of carboxylic acid groups (broad SMARTS) is 1. The van der Waals surface area contributed by atoms with Crippen molar-refractivity contribution in [3.05, 3.63) is 23.7 Å². The highest BCUT2D eigenvalue weighted by Crippen LogP contribution is 2.27. The van der Waals surface area contributed by atoms with Gasteiger partial charge in [-0.15, -0.1) is 0 Å². The van der Waals surface area contributed by atoms with Gasteiger partial charge in [-0.3, -0.25) is 14.5 Å². The molecule has 1 saturated heterocycles. The number of furan rings is 1. The number of rotatable bonds is 3. The molecule has 1 aromatic rings. The van der Waals surface area contributed by atoms with E-state index in [0.717, 1.165) is 4.90 Å². The normalized spacial score (nSPS) is 23.8. The van der Waals surface area contributed by atoms with E-state index in [1.807, 2.05) is 0 Å². The highest BCUT2D eigenvalue weighted by Gasteiger charge is 2.42. The second-order valence-corrected chi connectivity index (χ2v) is 4.42. The van der Waals surface area contributed by atoms with Crippen LogP contribution in [0.3, 0.4) is 0 Å². The number of likely N-dealkylation sites (tertiary alicyclic amines) is 1. The molecule has 1 aromatic heterocycles. The molecule has 0 aliphatic carbocycles. The van der Waals surface area contributed by atoms with E-state index in [9.17, 15) is 14.4 Å². The molecule has 1 aliphatic heterocycles. The van der Waals surface area contributed by atoms with Gasteiger partial charge < -0.3 is 9.52 Å². The molecule has 1 fully saturated rings. The van der Waals surface area contributed by atoms with Crippen LogP contribution in [-0.4, -0.2) is 27.8 Å². The summed E-state index contributed by atoms with van der Waals surface area (Å²) in [4.78, 5) is 35.7. The molecule has 1 aliphatic rings. The Balaban J connectivity index is 2.24. The van der Waals surface area contributed by atoms with E-state index in [2.05, 4.69) is 0 Å². The summed E-state index contributed by atoms with van der Waals surface area (Å²) in [5.74, 6) is -2.72. The fraction of sp³-hybridized carbons (Fsp3) is 0.417. The van der Waals surface area contributed by atoms with Gasteiger partial charge in [0.15, 0.2) is 0 Å². The lowest BCUT2D eigenvalue weighted by Gasteiger charge is -2.13. The number of amides is 2. The summed E-state index contributed by atoms with van der Waals surface area (Å²) in [6.45, 7) is 3.33. The smallest absolute Gasteiger partial charge is 0.372 e. The zero-order valence-corrected chi connectivity index (χ0v) is 10.0. The van der Waals surface area contributed by atoms with Crippen LogP contribution in [0.25, 0.3) is 0 Å². The van der Waals surface area contributed by atoms with Crippen LogP contribution in [0, 0.1) is 11.8 Å². The molecular weight excluding hydrogens is 238 g/mol. The van der Waals surface area contributed by atoms with Crippen molar-refractivity contribution in [3.63, 3.8) is 0 Å². The summed E-state index contributed by atoms with van der Waals surface area (Å²) in [5.41, 5.74) is 0.325. The van der Waals surface area contributed by atoms with Crippen molar-refractivity contribution in [2.75, 3.05) is 0 Å². The first-order valence-electron chi connectivity index (χ1n) is 5.58. The van der Waals surface area contributed by atoms with Gasteiger partial charge in [-0.25, -0.2) is 4.79 Å². The third-order valence-corrected chi connectivity index (χ3v) is 3.33. The Morgan fingerprint density at radius 1 is 1.33 bits per heavy atom. The van der Waals surface area contributed by atoms with Crippen molar-refractivity contribution >= 4 is 17.8 Å². The van der Waals surface area contributed by atoms with Gasteiger partial charge in [0.25, 0.3) is 0 Å². The fourth-order valence-corrected chi connectivity index (χ4v) is 2.00. The number of imide groups is 1. The lowest BCUT2D eigenvalue weighted by molar-refractivity contribution is -0.140. The molecule has 0 bridgehead atoms. The third kappa shape index (κ3) is 1.79. The van der Waals surface area contributed by atoms with Gasteiger partial charge in [0.05, 0.1) is 12.8 Å². The topological polar surface area (TPSA) is 87.8 Å². The largest absolute Gasteiger partial charge is 0.475 e. The Labute approximate surface area is 103 Å². The molecule has 2 amide bonds. The van der Waals surface area contributed by atoms with Crippen molar-refractivity contribution in [2.24, 2.45) is 11.8 Å². The Bertz CT molecular complexity index is 498. The SMILES string of the molecule is CC1C(=O)N(Cc2ccoc2C(=O)O)C(=O)C1C. The first kappa shape index (κ1) is 12.3. The van der Waals surface area contributed by atoms with Gasteiger partial charge in [-0.05, 0) is 6.07 Å². The molecular formula is C12H13NO5. The number of nitrogens with zero attached hydrogens (tertiary/aromatic N) is 1. The second-order valence-electron chi connectivity index (χ2n) is 4.42. The van der Waals surface area contributed by atoms with E-state index < -0.39 is 5.97 Å². The Hall–Kier alpha value is -2.11. The summed E-state index contributed by atoms with van der Waals surface area (Å²) in [6, 6.07) is 1.46. The zero-order chi connectivity index (χ0) is 13.4. The average Bonchev–Trinajstić information content (AvgIpc) is 2.86. The quantitative estimate of drug-likeness (QED) is 0.813. The van der Waals surface area contributed by atoms with Crippen molar-refractivity contribution in [1.29, 1.82) is 0 Å². The van der Waals surface area contributed by atoms with E-state index in [1.165, 1.54) is 12.3 Å². The predicted octanol–water partition coefficient (Wildman–Crippen LogP) is 1.12. The molecule has 0 saturated carbocycles. The minimum absolute atomic E-state index is 0.0511. The summed E-state index contributed by atoms with van der Waals surface area (Å²) in [6.07, 6.45) is 1.23. The van der Waals surface area contributed by atoms with Gasteiger partial charge in [0, 0.05) is 17.4 Å². The molecule has 0 spiro atoms. The van der Waals surface area contributed by atoms with Crippen LogP contribution in [0.5, 0.6) is 0 Å². The van der Waals surface area contributed by atoms with Crippen LogP contribution < -0.4 is 0 Å². The molecule has 1 N–H and O–H groups in total. The molecule has 2 heterocycles. The highest BCUT2D eigenvalue weighted by atomic mass is 16.4. The standard InChI is InChI=1S/C12H13NO5/c1-6-7(2)11(15)13(10(6)14)5-8-3-4-18-9(8)12(16)17/h3-4,6-7H,5H2,1-2H3,(H,16,17). The average molecular weight is 251 g/mol. The predicted molar refractivity (Wildman–Crippen MR) is 59.6 cm³/mol. The summed E-state index contributed by atoms with van der Waals surface area (Å²) < 4.78 is 4.81. The minimum atomic E-state index is -1.21. The number of aromatic carboxylic acids is 1. The number of hydrogen-bond acceptors (Lipinski definition) is 4. The Morgan fingerprint density at radius 2 is 1.89 bits per heavy atom. The molecule has 18 heavy (non-hydrogen) atoms. The van der Waals surface area contributed by atoms with E-state index >= 15 is 0 Å². The number of carboxylic acids is 1. The van der Waals surface area contributed by atoms with Gasteiger partial charge in [-0.2, -0.15) is 0 Å². The monoisotopic (exact) mass is 251 g/mol. The van der Waals surface area contributed by atoms with Crippen molar-refractivity contribution in [2.45, 2.75) is 20.4 Å². The van der Waals surface area contributed by atoms with E-state index in [4.69, 9.17) is 9.52 Å². The van der Waals surface area contributed by atoms with Gasteiger partial charge in [0.2, 0.25) is 17.6 Å². The third-order valence-electron chi connectivity index (χ3n) is 3.33. The molecule has 2 atom stereocenters. The van der Waals surface area contributed by atoms with Crippen LogP contribution in [0.1, 0.15) is 30.0 Å². The van der Waals surface area contributed by atoms with Crippen molar-refractivity contribution in [3.8, 4) is 0 Å². The van der Waals surface area contributed by atoms with Crippen LogP contribution >= 0.6 is 0 Å². The molecule has 6 nitrogen and oxygen atoms in total. The summed E-state index contributed by atoms with van der Waals surface area (Å²) in [5, 5.41) is 8.88. The molecule has 2 rings (SSSR count). The highest BCUT2D eigenvalue weighted by molar-refractivity contribution is 6.04. The number of hydrogen-bond donors (Lipinski definition) is 1. The van der Waals surface area contributed by atoms with E-state index in [-0.39, 0.29) is 36.0 Å². The minimum Gasteiger partial charge on any atom is -0.475 e. The van der Waals surface area contributed by atoms with Crippen LogP contribution in [0.4, 0.5) is 0 Å². The number of carbonyl (C=O) groups excluding carboxylic acids is 2. The maximum atomic E-state index is 11.9. The Kier molecular flexibility index (Phi) is 2.94. The molecule has 6 heteroatoms. The Morgan fingerprint density at radius 3 is 2.39 bits per heavy atom. The molecule has 96 valence electrons.